The summed E-state index contributed by atoms with van der Waals surface area (Å²) in [6, 6.07) is 7.06. The van der Waals surface area contributed by atoms with Gasteiger partial charge >= 0.3 is 0 Å². The fourth-order valence-electron chi connectivity index (χ4n) is 5.17. The van der Waals surface area contributed by atoms with E-state index in [0.717, 1.165) is 34.8 Å². The van der Waals surface area contributed by atoms with E-state index in [1.54, 1.807) is 24.8 Å². The van der Waals surface area contributed by atoms with E-state index in [0.29, 0.717) is 41.3 Å². The van der Waals surface area contributed by atoms with Crippen LogP contribution in [-0.2, 0) is 25.6 Å². The summed E-state index contributed by atoms with van der Waals surface area (Å²) in [6.45, 7) is 4.29. The molecule has 1 atom stereocenters. The minimum Gasteiger partial charge on any atom is -0.384 e. The molecule has 4 aromatic heterocycles. The SMILES string of the molecule is Cn1c(-c2cc3ccc(C(C)(C)O)nc3n2CC2CC2)nc2cc3c(nc21)CCN(CC(N)CF)C3=O. The summed E-state index contributed by atoms with van der Waals surface area (Å²) in [5.74, 6) is 1.16. The number of amides is 1. The average Bonchev–Trinajstić information content (AvgIpc) is 3.54. The van der Waals surface area contributed by atoms with Crippen LogP contribution in [-0.4, -0.2) is 65.8 Å². The van der Waals surface area contributed by atoms with Gasteiger partial charge in [0.25, 0.3) is 5.91 Å². The van der Waals surface area contributed by atoms with Crippen LogP contribution in [0.25, 0.3) is 33.7 Å². The molecule has 3 N–H and O–H groups in total. The minimum absolute atomic E-state index is 0.182. The van der Waals surface area contributed by atoms with E-state index in [1.807, 2.05) is 23.7 Å². The smallest absolute Gasteiger partial charge is 0.255 e. The zero-order valence-electron chi connectivity index (χ0n) is 21.4. The van der Waals surface area contributed by atoms with Crippen LogP contribution in [0.3, 0.4) is 0 Å². The van der Waals surface area contributed by atoms with Gasteiger partial charge in [0.05, 0.1) is 28.7 Å². The van der Waals surface area contributed by atoms with Crippen molar-refractivity contribution < 1.29 is 14.3 Å². The highest BCUT2D eigenvalue weighted by molar-refractivity contribution is 5.99. The number of alkyl halides is 1. The van der Waals surface area contributed by atoms with Crippen molar-refractivity contribution >= 4 is 28.1 Å². The number of hydrogen-bond acceptors (Lipinski definition) is 6. The second kappa shape index (κ2) is 8.59. The Labute approximate surface area is 214 Å². The number of nitrogens with two attached hydrogens (primary N) is 1. The molecule has 1 amide bonds. The van der Waals surface area contributed by atoms with E-state index in [2.05, 4.69) is 10.6 Å². The summed E-state index contributed by atoms with van der Waals surface area (Å²) in [6.07, 6.45) is 2.96. The quantitative estimate of drug-likeness (QED) is 0.399. The van der Waals surface area contributed by atoms with Gasteiger partial charge in [-0.05, 0) is 56.9 Å². The standard InChI is InChI=1S/C27H32FN7O2/c1-27(2,37)22-7-6-16-10-21(35(23(16)32-22)13-15-4-5-15)25-31-20-11-18-19(30-24(20)33(25)3)8-9-34(26(18)36)14-17(29)12-28/h6-7,10-11,15,17,37H,4-5,8-9,12-14,29H2,1-3H3. The number of aryl methyl sites for hydroxylation is 1. The number of halogens is 1. The van der Waals surface area contributed by atoms with Gasteiger partial charge in [0.2, 0.25) is 0 Å². The van der Waals surface area contributed by atoms with Crippen LogP contribution in [0.15, 0.2) is 24.3 Å². The van der Waals surface area contributed by atoms with Crippen LogP contribution < -0.4 is 5.73 Å². The third kappa shape index (κ3) is 4.18. The lowest BCUT2D eigenvalue weighted by atomic mass is 10.0. The summed E-state index contributed by atoms with van der Waals surface area (Å²) in [5.41, 5.74) is 9.68. The van der Waals surface area contributed by atoms with Crippen molar-refractivity contribution in [2.75, 3.05) is 19.8 Å². The summed E-state index contributed by atoms with van der Waals surface area (Å²) in [7, 11) is 1.94. The molecular weight excluding hydrogens is 473 g/mol. The molecular formula is C27H32FN7O2. The number of aliphatic hydroxyl groups is 1. The van der Waals surface area contributed by atoms with Crippen molar-refractivity contribution in [2.24, 2.45) is 18.7 Å². The maximum Gasteiger partial charge on any atom is 0.255 e. The number of carbonyl (C=O) groups is 1. The Morgan fingerprint density at radius 3 is 2.68 bits per heavy atom. The normalized spacial score (nSPS) is 17.1. The molecule has 0 aromatic carbocycles. The number of carbonyl (C=O) groups excluding carboxylic acids is 1. The van der Waals surface area contributed by atoms with Gasteiger partial charge in [-0.25, -0.2) is 19.3 Å². The van der Waals surface area contributed by atoms with Crippen molar-refractivity contribution in [1.82, 2.24) is 29.0 Å². The summed E-state index contributed by atoms with van der Waals surface area (Å²) in [5, 5.41) is 11.5. The Hall–Kier alpha value is -3.37. The molecule has 1 unspecified atom stereocenters. The van der Waals surface area contributed by atoms with Gasteiger partial charge in [0.15, 0.2) is 11.5 Å². The number of nitrogens with zero attached hydrogens (tertiary/aromatic N) is 6. The van der Waals surface area contributed by atoms with Crippen molar-refractivity contribution in [3.8, 4) is 11.5 Å². The number of hydrogen-bond donors (Lipinski definition) is 2. The molecule has 1 fully saturated rings. The molecule has 9 nitrogen and oxygen atoms in total. The molecule has 6 rings (SSSR count). The van der Waals surface area contributed by atoms with Crippen molar-refractivity contribution in [3.05, 3.63) is 41.2 Å². The predicted molar refractivity (Wildman–Crippen MR) is 139 cm³/mol. The van der Waals surface area contributed by atoms with E-state index in [4.69, 9.17) is 20.7 Å². The van der Waals surface area contributed by atoms with E-state index >= 15 is 0 Å². The first kappa shape index (κ1) is 24.0. The summed E-state index contributed by atoms with van der Waals surface area (Å²) in [4.78, 5) is 29.3. The molecule has 0 saturated heterocycles. The van der Waals surface area contributed by atoms with Crippen LogP contribution >= 0.6 is 0 Å². The van der Waals surface area contributed by atoms with E-state index < -0.39 is 18.3 Å². The first-order chi connectivity index (χ1) is 17.6. The number of imidazole rings is 1. The van der Waals surface area contributed by atoms with Gasteiger partial charge in [-0.1, -0.05) is 0 Å². The molecule has 0 spiro atoms. The van der Waals surface area contributed by atoms with Crippen LogP contribution in [0.4, 0.5) is 4.39 Å². The first-order valence-corrected chi connectivity index (χ1v) is 12.8. The summed E-state index contributed by atoms with van der Waals surface area (Å²) >= 11 is 0. The highest BCUT2D eigenvalue weighted by Crippen LogP contribution is 2.36. The van der Waals surface area contributed by atoms with E-state index in [1.165, 1.54) is 12.8 Å². The predicted octanol–water partition coefficient (Wildman–Crippen LogP) is 2.92. The van der Waals surface area contributed by atoms with Gasteiger partial charge in [0, 0.05) is 38.5 Å². The Balaban J connectivity index is 1.46. The Morgan fingerprint density at radius 2 is 1.97 bits per heavy atom. The zero-order valence-corrected chi connectivity index (χ0v) is 21.4. The molecule has 4 aromatic rings. The Kier molecular flexibility index (Phi) is 5.57. The zero-order chi connectivity index (χ0) is 26.1. The molecule has 5 heterocycles. The van der Waals surface area contributed by atoms with E-state index in [9.17, 15) is 14.3 Å². The van der Waals surface area contributed by atoms with Gasteiger partial charge in [-0.3, -0.25) is 4.79 Å². The van der Waals surface area contributed by atoms with E-state index in [-0.39, 0.29) is 12.5 Å². The number of pyridine rings is 2. The maximum absolute atomic E-state index is 13.1. The van der Waals surface area contributed by atoms with Gasteiger partial charge in [-0.2, -0.15) is 0 Å². The number of fused-ring (bicyclic) bond motifs is 3. The topological polar surface area (TPSA) is 115 Å². The molecule has 0 bridgehead atoms. The van der Waals surface area contributed by atoms with Crippen molar-refractivity contribution in [3.63, 3.8) is 0 Å². The monoisotopic (exact) mass is 505 g/mol. The molecule has 194 valence electrons. The third-order valence-corrected chi connectivity index (χ3v) is 7.45. The third-order valence-electron chi connectivity index (χ3n) is 7.45. The van der Waals surface area contributed by atoms with Gasteiger partial charge < -0.3 is 24.9 Å². The molecule has 37 heavy (non-hydrogen) atoms. The van der Waals surface area contributed by atoms with Crippen LogP contribution in [0.2, 0.25) is 0 Å². The lowest BCUT2D eigenvalue weighted by molar-refractivity contribution is 0.0721. The fourth-order valence-corrected chi connectivity index (χ4v) is 5.17. The minimum atomic E-state index is -1.04. The van der Waals surface area contributed by atoms with Gasteiger partial charge in [0.1, 0.15) is 23.4 Å². The van der Waals surface area contributed by atoms with Crippen LogP contribution in [0.5, 0.6) is 0 Å². The molecule has 2 aliphatic rings. The average molecular weight is 506 g/mol. The van der Waals surface area contributed by atoms with Crippen LogP contribution in [0.1, 0.15) is 48.4 Å². The van der Waals surface area contributed by atoms with Crippen molar-refractivity contribution in [1.29, 1.82) is 0 Å². The largest absolute Gasteiger partial charge is 0.384 e. The lowest BCUT2D eigenvalue weighted by Crippen LogP contribution is -2.45. The number of rotatable bonds is 7. The molecule has 1 aliphatic heterocycles. The molecule has 1 aliphatic carbocycles. The summed E-state index contributed by atoms with van der Waals surface area (Å²) < 4.78 is 17.1. The molecule has 0 radical (unpaired) electrons. The fraction of sp³-hybridized carbons (Fsp3) is 0.481. The van der Waals surface area contributed by atoms with Crippen LogP contribution in [0, 0.1) is 5.92 Å². The number of aromatic nitrogens is 5. The Morgan fingerprint density at radius 1 is 1.19 bits per heavy atom. The van der Waals surface area contributed by atoms with Gasteiger partial charge in [-0.15, -0.1) is 0 Å². The maximum atomic E-state index is 13.1. The highest BCUT2D eigenvalue weighted by Gasteiger charge is 2.30. The highest BCUT2D eigenvalue weighted by atomic mass is 19.1. The lowest BCUT2D eigenvalue weighted by Gasteiger charge is -2.29. The first-order valence-electron chi connectivity index (χ1n) is 12.8. The second-order valence-corrected chi connectivity index (χ2v) is 11.0. The molecule has 10 heteroatoms. The molecule has 1 saturated carbocycles. The second-order valence-electron chi connectivity index (χ2n) is 11.0. The Bertz CT molecular complexity index is 1530. The van der Waals surface area contributed by atoms with Crippen molar-refractivity contribution in [2.45, 2.75) is 51.3 Å².